The van der Waals surface area contributed by atoms with Crippen LogP contribution in [0.4, 0.5) is 0 Å². The minimum absolute atomic E-state index is 0.666. The molecular weight excluding hydrogens is 286 g/mol. The van der Waals surface area contributed by atoms with Crippen LogP contribution in [0.3, 0.4) is 0 Å². The highest BCUT2D eigenvalue weighted by molar-refractivity contribution is 6.31. The fourth-order valence-electron chi connectivity index (χ4n) is 2.25. The number of ether oxygens (including phenoxy) is 2. The van der Waals surface area contributed by atoms with Crippen molar-refractivity contribution in [1.29, 1.82) is 0 Å². The highest BCUT2D eigenvalue weighted by atomic mass is 35.5. The summed E-state index contributed by atoms with van der Waals surface area (Å²) in [5.74, 6) is 1.58. The van der Waals surface area contributed by atoms with E-state index in [2.05, 4.69) is 4.98 Å². The van der Waals surface area contributed by atoms with Crippen LogP contribution < -0.4 is 9.47 Å². The number of methoxy groups -OCH3 is 2. The highest BCUT2D eigenvalue weighted by Gasteiger charge is 2.08. The van der Waals surface area contributed by atoms with Crippen LogP contribution in [0.25, 0.3) is 22.2 Å². The Morgan fingerprint density at radius 1 is 0.905 bits per heavy atom. The lowest BCUT2D eigenvalue weighted by Gasteiger charge is -2.09. The monoisotopic (exact) mass is 299 g/mol. The molecular formula is C17H14ClNO2. The van der Waals surface area contributed by atoms with E-state index in [0.29, 0.717) is 5.02 Å². The second kappa shape index (κ2) is 5.62. The fourth-order valence-corrected chi connectivity index (χ4v) is 2.42. The SMILES string of the molecule is COc1ccc(-c2cc(OC)c3cc(Cl)ccc3n2)cc1. The Morgan fingerprint density at radius 3 is 2.33 bits per heavy atom. The topological polar surface area (TPSA) is 31.4 Å². The molecule has 0 saturated heterocycles. The zero-order valence-electron chi connectivity index (χ0n) is 11.8. The van der Waals surface area contributed by atoms with Gasteiger partial charge in [-0.2, -0.15) is 0 Å². The van der Waals surface area contributed by atoms with Gasteiger partial charge in [0.15, 0.2) is 0 Å². The normalized spacial score (nSPS) is 10.6. The van der Waals surface area contributed by atoms with Gasteiger partial charge in [0, 0.05) is 22.0 Å². The molecule has 0 radical (unpaired) electrons. The summed E-state index contributed by atoms with van der Waals surface area (Å²) in [4.78, 5) is 4.67. The second-order valence-corrected chi connectivity index (χ2v) is 5.04. The third-order valence-corrected chi connectivity index (χ3v) is 3.57. The number of hydrogen-bond donors (Lipinski definition) is 0. The molecule has 0 unspecified atom stereocenters. The van der Waals surface area contributed by atoms with Gasteiger partial charge in [0.2, 0.25) is 0 Å². The molecule has 2 aromatic carbocycles. The molecule has 3 nitrogen and oxygen atoms in total. The number of benzene rings is 2. The third-order valence-electron chi connectivity index (χ3n) is 3.34. The largest absolute Gasteiger partial charge is 0.497 e. The Bertz CT molecular complexity index is 785. The summed E-state index contributed by atoms with van der Waals surface area (Å²) in [6, 6.07) is 15.3. The highest BCUT2D eigenvalue weighted by Crippen LogP contribution is 2.32. The van der Waals surface area contributed by atoms with Crippen molar-refractivity contribution < 1.29 is 9.47 Å². The maximum atomic E-state index is 6.04. The van der Waals surface area contributed by atoms with Crippen LogP contribution in [0.1, 0.15) is 0 Å². The van der Waals surface area contributed by atoms with Crippen LogP contribution in [-0.4, -0.2) is 19.2 Å². The van der Waals surface area contributed by atoms with Gasteiger partial charge < -0.3 is 9.47 Å². The molecule has 0 bridgehead atoms. The van der Waals surface area contributed by atoms with Crippen LogP contribution in [0, 0.1) is 0 Å². The lowest BCUT2D eigenvalue weighted by atomic mass is 10.1. The number of rotatable bonds is 3. The van der Waals surface area contributed by atoms with Crippen molar-refractivity contribution >= 4 is 22.5 Å². The van der Waals surface area contributed by atoms with Gasteiger partial charge in [0.25, 0.3) is 0 Å². The van der Waals surface area contributed by atoms with E-state index in [9.17, 15) is 0 Å². The first-order chi connectivity index (χ1) is 10.2. The minimum Gasteiger partial charge on any atom is -0.497 e. The van der Waals surface area contributed by atoms with E-state index in [-0.39, 0.29) is 0 Å². The summed E-state index contributed by atoms with van der Waals surface area (Å²) in [5.41, 5.74) is 2.71. The maximum Gasteiger partial charge on any atom is 0.130 e. The summed E-state index contributed by atoms with van der Waals surface area (Å²) in [5, 5.41) is 1.57. The summed E-state index contributed by atoms with van der Waals surface area (Å²) in [6.07, 6.45) is 0. The molecule has 0 aliphatic rings. The van der Waals surface area contributed by atoms with Gasteiger partial charge in [-0.15, -0.1) is 0 Å². The Labute approximate surface area is 128 Å². The van der Waals surface area contributed by atoms with Gasteiger partial charge in [-0.3, -0.25) is 0 Å². The van der Waals surface area contributed by atoms with Gasteiger partial charge in [0.05, 0.1) is 25.4 Å². The van der Waals surface area contributed by atoms with Crippen molar-refractivity contribution in [2.45, 2.75) is 0 Å². The van der Waals surface area contributed by atoms with Crippen molar-refractivity contribution in [3.63, 3.8) is 0 Å². The molecule has 4 heteroatoms. The van der Waals surface area contributed by atoms with E-state index in [0.717, 1.165) is 33.7 Å². The molecule has 0 N–H and O–H groups in total. The zero-order valence-corrected chi connectivity index (χ0v) is 12.5. The van der Waals surface area contributed by atoms with Crippen molar-refractivity contribution in [3.8, 4) is 22.8 Å². The molecule has 0 spiro atoms. The number of hydrogen-bond acceptors (Lipinski definition) is 3. The summed E-state index contributed by atoms with van der Waals surface area (Å²) in [6.45, 7) is 0. The van der Waals surface area contributed by atoms with Crippen LogP contribution in [0.5, 0.6) is 11.5 Å². The first-order valence-electron chi connectivity index (χ1n) is 6.50. The molecule has 0 aliphatic carbocycles. The zero-order chi connectivity index (χ0) is 14.8. The molecule has 1 heterocycles. The van der Waals surface area contributed by atoms with E-state index in [1.165, 1.54) is 0 Å². The first kappa shape index (κ1) is 13.7. The first-order valence-corrected chi connectivity index (χ1v) is 6.88. The molecule has 0 aliphatic heterocycles. The second-order valence-electron chi connectivity index (χ2n) is 4.60. The summed E-state index contributed by atoms with van der Waals surface area (Å²) < 4.78 is 10.6. The molecule has 106 valence electrons. The molecule has 3 aromatic rings. The predicted octanol–water partition coefficient (Wildman–Crippen LogP) is 4.57. The van der Waals surface area contributed by atoms with E-state index >= 15 is 0 Å². The molecule has 1 aromatic heterocycles. The van der Waals surface area contributed by atoms with Gasteiger partial charge in [-0.25, -0.2) is 4.98 Å². The van der Waals surface area contributed by atoms with Crippen molar-refractivity contribution in [1.82, 2.24) is 4.98 Å². The third kappa shape index (κ3) is 2.65. The van der Waals surface area contributed by atoms with Crippen molar-refractivity contribution in [2.24, 2.45) is 0 Å². The molecule has 21 heavy (non-hydrogen) atoms. The minimum atomic E-state index is 0.666. The van der Waals surface area contributed by atoms with Crippen LogP contribution >= 0.6 is 11.6 Å². The van der Waals surface area contributed by atoms with Gasteiger partial charge in [-0.1, -0.05) is 11.6 Å². The number of pyridine rings is 1. The Balaban J connectivity index is 2.16. The lowest BCUT2D eigenvalue weighted by Crippen LogP contribution is -1.91. The number of nitrogens with zero attached hydrogens (tertiary/aromatic N) is 1. The average Bonchev–Trinajstić information content (AvgIpc) is 2.54. The average molecular weight is 300 g/mol. The Hall–Kier alpha value is -2.26. The fraction of sp³-hybridized carbons (Fsp3) is 0.118. The Kier molecular flexibility index (Phi) is 3.67. The number of aromatic nitrogens is 1. The van der Waals surface area contributed by atoms with Crippen LogP contribution in [0.15, 0.2) is 48.5 Å². The van der Waals surface area contributed by atoms with Crippen LogP contribution in [0.2, 0.25) is 5.02 Å². The van der Waals surface area contributed by atoms with E-state index in [4.69, 9.17) is 21.1 Å². The van der Waals surface area contributed by atoms with E-state index in [1.54, 1.807) is 14.2 Å². The van der Waals surface area contributed by atoms with Gasteiger partial charge in [-0.05, 0) is 42.5 Å². The predicted molar refractivity (Wildman–Crippen MR) is 85.3 cm³/mol. The van der Waals surface area contributed by atoms with E-state index < -0.39 is 0 Å². The number of halogens is 1. The maximum absolute atomic E-state index is 6.04. The van der Waals surface area contributed by atoms with Crippen molar-refractivity contribution in [2.75, 3.05) is 14.2 Å². The molecule has 0 atom stereocenters. The quantitative estimate of drug-likeness (QED) is 0.710. The molecule has 0 amide bonds. The van der Waals surface area contributed by atoms with Crippen molar-refractivity contribution in [3.05, 3.63) is 53.6 Å². The summed E-state index contributed by atoms with van der Waals surface area (Å²) in [7, 11) is 3.30. The van der Waals surface area contributed by atoms with Gasteiger partial charge in [0.1, 0.15) is 11.5 Å². The molecule has 0 fully saturated rings. The van der Waals surface area contributed by atoms with Gasteiger partial charge >= 0.3 is 0 Å². The standard InChI is InChI=1S/C17H14ClNO2/c1-20-13-6-3-11(4-7-13)16-10-17(21-2)14-9-12(18)5-8-15(14)19-16/h3-10H,1-2H3. The van der Waals surface area contributed by atoms with E-state index in [1.807, 2.05) is 48.5 Å². The number of fused-ring (bicyclic) bond motifs is 1. The summed E-state index contributed by atoms with van der Waals surface area (Å²) >= 11 is 6.04. The molecule has 3 rings (SSSR count). The molecule has 0 saturated carbocycles. The van der Waals surface area contributed by atoms with Crippen LogP contribution in [-0.2, 0) is 0 Å². The lowest BCUT2D eigenvalue weighted by molar-refractivity contribution is 0.415. The smallest absolute Gasteiger partial charge is 0.130 e. The Morgan fingerprint density at radius 2 is 1.67 bits per heavy atom.